The van der Waals surface area contributed by atoms with Gasteiger partial charge in [0.05, 0.1) is 13.7 Å². The Hall–Kier alpha value is -2.70. The molecule has 1 aliphatic rings. The van der Waals surface area contributed by atoms with Gasteiger partial charge in [-0.3, -0.25) is 4.90 Å². The molecule has 3 aromatic rings. The van der Waals surface area contributed by atoms with Crippen LogP contribution in [0.1, 0.15) is 42.3 Å². The smallest absolute Gasteiger partial charge is 0.247 e. The lowest BCUT2D eigenvalue weighted by Crippen LogP contribution is -2.32. The van der Waals surface area contributed by atoms with E-state index in [1.165, 1.54) is 11.1 Å². The second-order valence-corrected chi connectivity index (χ2v) is 7.38. The number of aliphatic hydroxyl groups is 1. The Kier molecular flexibility index (Phi) is 6.22. The van der Waals surface area contributed by atoms with Crippen LogP contribution in [-0.2, 0) is 13.0 Å². The maximum Gasteiger partial charge on any atom is 0.247 e. The highest BCUT2D eigenvalue weighted by atomic mass is 16.5. The van der Waals surface area contributed by atoms with E-state index in [4.69, 9.17) is 9.15 Å². The number of aromatic nitrogens is 2. The molecule has 1 atom stereocenters. The number of aliphatic hydroxyl groups excluding tert-OH is 1. The molecule has 1 aromatic heterocycles. The molecule has 0 saturated heterocycles. The molecule has 4 rings (SSSR count). The van der Waals surface area contributed by atoms with E-state index in [0.717, 1.165) is 43.5 Å². The Morgan fingerprint density at radius 3 is 2.76 bits per heavy atom. The zero-order valence-corrected chi connectivity index (χ0v) is 16.8. The molecule has 1 unspecified atom stereocenters. The summed E-state index contributed by atoms with van der Waals surface area (Å²) in [5, 5.41) is 17.9. The topological polar surface area (TPSA) is 71.6 Å². The summed E-state index contributed by atoms with van der Waals surface area (Å²) in [5.74, 6) is 1.89. The molecular formula is C23H27N3O3. The van der Waals surface area contributed by atoms with Gasteiger partial charge in [0.25, 0.3) is 0 Å². The number of fused-ring (bicyclic) bond motifs is 1. The van der Waals surface area contributed by atoms with Crippen LogP contribution < -0.4 is 4.74 Å². The summed E-state index contributed by atoms with van der Waals surface area (Å²) in [5.41, 5.74) is 3.67. The molecule has 0 fully saturated rings. The zero-order valence-electron chi connectivity index (χ0n) is 16.8. The second-order valence-electron chi connectivity index (χ2n) is 7.38. The summed E-state index contributed by atoms with van der Waals surface area (Å²) in [6, 6.07) is 16.6. The van der Waals surface area contributed by atoms with E-state index in [9.17, 15) is 5.11 Å². The van der Waals surface area contributed by atoms with Gasteiger partial charge in [-0.15, -0.1) is 10.2 Å². The Balaban J connectivity index is 1.54. The number of aryl methyl sites for hydroxylation is 1. The molecule has 0 amide bonds. The number of rotatable bonds is 8. The van der Waals surface area contributed by atoms with Crippen molar-refractivity contribution in [1.29, 1.82) is 0 Å². The fourth-order valence-corrected chi connectivity index (χ4v) is 4.07. The van der Waals surface area contributed by atoms with Crippen molar-refractivity contribution < 1.29 is 14.3 Å². The van der Waals surface area contributed by atoms with Crippen LogP contribution in [0.2, 0.25) is 0 Å². The van der Waals surface area contributed by atoms with E-state index >= 15 is 0 Å². The molecule has 29 heavy (non-hydrogen) atoms. The summed E-state index contributed by atoms with van der Waals surface area (Å²) in [4.78, 5) is 2.36. The highest BCUT2D eigenvalue weighted by Crippen LogP contribution is 2.35. The SMILES string of the molecule is COc1ccc(-c2nnc(CN(CCCO)C3CCCc4ccccc43)o2)cc1. The highest BCUT2D eigenvalue weighted by Gasteiger charge is 2.27. The van der Waals surface area contributed by atoms with Crippen molar-refractivity contribution in [2.24, 2.45) is 0 Å². The van der Waals surface area contributed by atoms with Gasteiger partial charge in [0.1, 0.15) is 5.75 Å². The number of hydrogen-bond acceptors (Lipinski definition) is 6. The van der Waals surface area contributed by atoms with E-state index in [2.05, 4.69) is 39.4 Å². The minimum atomic E-state index is 0.172. The standard InChI is InChI=1S/C23H27N3O3/c1-28-19-12-10-18(11-13-19)23-25-24-22(29-23)16-26(14-5-15-27)21-9-4-7-17-6-2-3-8-20(17)21/h2-3,6,8,10-13,21,27H,4-5,7,9,14-16H2,1H3. The van der Waals surface area contributed by atoms with E-state index < -0.39 is 0 Å². The largest absolute Gasteiger partial charge is 0.497 e. The first kappa shape index (κ1) is 19.6. The molecule has 6 heteroatoms. The second kappa shape index (κ2) is 9.20. The lowest BCUT2D eigenvalue weighted by molar-refractivity contribution is 0.140. The van der Waals surface area contributed by atoms with Gasteiger partial charge >= 0.3 is 0 Å². The summed E-state index contributed by atoms with van der Waals surface area (Å²) in [6.07, 6.45) is 4.11. The molecule has 0 radical (unpaired) electrons. The van der Waals surface area contributed by atoms with Crippen LogP contribution in [0.25, 0.3) is 11.5 Å². The minimum Gasteiger partial charge on any atom is -0.497 e. The monoisotopic (exact) mass is 393 g/mol. The van der Waals surface area contributed by atoms with E-state index in [-0.39, 0.29) is 6.61 Å². The predicted octanol–water partition coefficient (Wildman–Crippen LogP) is 4.01. The van der Waals surface area contributed by atoms with E-state index in [1.807, 2.05) is 24.3 Å². The quantitative estimate of drug-likeness (QED) is 0.624. The molecule has 0 bridgehead atoms. The van der Waals surface area contributed by atoms with Crippen molar-refractivity contribution in [3.05, 3.63) is 65.5 Å². The van der Waals surface area contributed by atoms with Crippen LogP contribution in [0.4, 0.5) is 0 Å². The third-order valence-electron chi connectivity index (χ3n) is 5.52. The van der Waals surface area contributed by atoms with Gasteiger partial charge < -0.3 is 14.3 Å². The fraction of sp³-hybridized carbons (Fsp3) is 0.391. The minimum absolute atomic E-state index is 0.172. The first-order valence-corrected chi connectivity index (χ1v) is 10.2. The Bertz CT molecular complexity index is 923. The maximum atomic E-state index is 9.38. The third kappa shape index (κ3) is 4.49. The Morgan fingerprint density at radius 1 is 1.14 bits per heavy atom. The third-order valence-corrected chi connectivity index (χ3v) is 5.52. The number of methoxy groups -OCH3 is 1. The average Bonchev–Trinajstić information content (AvgIpc) is 3.25. The zero-order chi connectivity index (χ0) is 20.1. The summed E-state index contributed by atoms with van der Waals surface area (Å²) < 4.78 is 11.2. The Labute approximate surface area is 171 Å². The number of hydrogen-bond donors (Lipinski definition) is 1. The van der Waals surface area contributed by atoms with Crippen LogP contribution >= 0.6 is 0 Å². The van der Waals surface area contributed by atoms with Gasteiger partial charge in [0.15, 0.2) is 0 Å². The lowest BCUT2D eigenvalue weighted by atomic mass is 9.86. The summed E-state index contributed by atoms with van der Waals surface area (Å²) in [6.45, 7) is 1.53. The van der Waals surface area contributed by atoms with Crippen LogP contribution in [0, 0.1) is 0 Å². The highest BCUT2D eigenvalue weighted by molar-refractivity contribution is 5.53. The molecule has 1 aliphatic carbocycles. The number of nitrogens with zero attached hydrogens (tertiary/aromatic N) is 3. The predicted molar refractivity (Wildman–Crippen MR) is 111 cm³/mol. The van der Waals surface area contributed by atoms with E-state index in [1.54, 1.807) is 7.11 Å². The first-order chi connectivity index (χ1) is 14.3. The summed E-state index contributed by atoms with van der Waals surface area (Å²) in [7, 11) is 1.64. The molecule has 0 aliphatic heterocycles. The van der Waals surface area contributed by atoms with Gasteiger partial charge in [-0.2, -0.15) is 0 Å². The van der Waals surface area contributed by atoms with Gasteiger partial charge in [0.2, 0.25) is 11.8 Å². The van der Waals surface area contributed by atoms with Crippen LogP contribution in [0.5, 0.6) is 5.75 Å². The van der Waals surface area contributed by atoms with Crippen molar-refractivity contribution >= 4 is 0 Å². The van der Waals surface area contributed by atoms with Gasteiger partial charge in [0, 0.05) is 24.8 Å². The first-order valence-electron chi connectivity index (χ1n) is 10.2. The van der Waals surface area contributed by atoms with Crippen molar-refractivity contribution in [2.75, 3.05) is 20.3 Å². The molecule has 1 heterocycles. The van der Waals surface area contributed by atoms with Crippen molar-refractivity contribution in [3.63, 3.8) is 0 Å². The van der Waals surface area contributed by atoms with Gasteiger partial charge in [-0.1, -0.05) is 24.3 Å². The van der Waals surface area contributed by atoms with Crippen LogP contribution in [0.3, 0.4) is 0 Å². The molecule has 6 nitrogen and oxygen atoms in total. The number of benzene rings is 2. The van der Waals surface area contributed by atoms with Crippen molar-refractivity contribution in [2.45, 2.75) is 38.3 Å². The molecule has 152 valence electrons. The lowest BCUT2D eigenvalue weighted by Gasteiger charge is -2.35. The summed E-state index contributed by atoms with van der Waals surface area (Å²) >= 11 is 0. The van der Waals surface area contributed by atoms with Gasteiger partial charge in [-0.05, 0) is 61.1 Å². The number of ether oxygens (including phenoxy) is 1. The van der Waals surface area contributed by atoms with Gasteiger partial charge in [-0.25, -0.2) is 0 Å². The van der Waals surface area contributed by atoms with Crippen LogP contribution in [-0.4, -0.2) is 40.5 Å². The fourth-order valence-electron chi connectivity index (χ4n) is 4.07. The van der Waals surface area contributed by atoms with Crippen molar-refractivity contribution in [1.82, 2.24) is 15.1 Å². The van der Waals surface area contributed by atoms with Crippen molar-refractivity contribution in [3.8, 4) is 17.2 Å². The molecule has 0 spiro atoms. The average molecular weight is 393 g/mol. The molecule has 0 saturated carbocycles. The molecule has 2 aromatic carbocycles. The Morgan fingerprint density at radius 2 is 1.97 bits per heavy atom. The maximum absolute atomic E-state index is 9.38. The van der Waals surface area contributed by atoms with E-state index in [0.29, 0.717) is 24.4 Å². The normalized spacial score (nSPS) is 16.0. The van der Waals surface area contributed by atoms with Crippen LogP contribution in [0.15, 0.2) is 52.9 Å². The molecular weight excluding hydrogens is 366 g/mol. The molecule has 1 N–H and O–H groups in total.